The van der Waals surface area contributed by atoms with Crippen molar-refractivity contribution in [3.8, 4) is 0 Å². The Balaban J connectivity index is 2.59. The summed E-state index contributed by atoms with van der Waals surface area (Å²) >= 11 is 0. The molecule has 0 bridgehead atoms. The number of carbonyl (C=O) groups excluding carboxylic acids is 3. The summed E-state index contributed by atoms with van der Waals surface area (Å²) in [4.78, 5) is 34.4. The number of benzene rings is 1. The Labute approximate surface area is 117 Å². The van der Waals surface area contributed by atoms with E-state index in [1.165, 1.54) is 13.8 Å². The van der Waals surface area contributed by atoms with Crippen LogP contribution in [0.1, 0.15) is 19.4 Å². The molecule has 0 heterocycles. The van der Waals surface area contributed by atoms with Crippen LogP contribution in [0.2, 0.25) is 0 Å². The monoisotopic (exact) mass is 279 g/mol. The zero-order chi connectivity index (χ0) is 15.0. The van der Waals surface area contributed by atoms with Gasteiger partial charge in [0.05, 0.1) is 6.54 Å². The second-order valence-corrected chi connectivity index (χ2v) is 4.07. The standard InChI is InChI=1S/C14H17NO5/c1-11(20-12(2)17)15(8-9-16)14(18)19-10-13-6-4-3-5-7-13/h3-7,9,11H,8,10H2,1-2H3. The minimum Gasteiger partial charge on any atom is -0.444 e. The Kier molecular flexibility index (Phi) is 6.22. The number of esters is 1. The first-order chi connectivity index (χ1) is 9.54. The number of aldehydes is 1. The summed E-state index contributed by atoms with van der Waals surface area (Å²) in [5.74, 6) is -0.538. The lowest BCUT2D eigenvalue weighted by Gasteiger charge is -2.25. The normalized spacial score (nSPS) is 11.3. The Morgan fingerprint density at radius 2 is 1.95 bits per heavy atom. The number of nitrogens with zero attached hydrogens (tertiary/aromatic N) is 1. The maximum absolute atomic E-state index is 11.9. The summed E-state index contributed by atoms with van der Waals surface area (Å²) in [6.45, 7) is 2.60. The maximum Gasteiger partial charge on any atom is 0.413 e. The molecule has 20 heavy (non-hydrogen) atoms. The highest BCUT2D eigenvalue weighted by Gasteiger charge is 2.23. The average Bonchev–Trinajstić information content (AvgIpc) is 2.42. The fraction of sp³-hybridized carbons (Fsp3) is 0.357. The quantitative estimate of drug-likeness (QED) is 0.450. The summed E-state index contributed by atoms with van der Waals surface area (Å²) in [6, 6.07) is 9.13. The van der Waals surface area contributed by atoms with Crippen molar-refractivity contribution in [2.24, 2.45) is 0 Å². The Bertz CT molecular complexity index is 460. The van der Waals surface area contributed by atoms with Crippen LogP contribution >= 0.6 is 0 Å². The van der Waals surface area contributed by atoms with Crippen LogP contribution in [0.25, 0.3) is 0 Å². The number of carbonyl (C=O) groups is 3. The first-order valence-corrected chi connectivity index (χ1v) is 6.12. The summed E-state index contributed by atoms with van der Waals surface area (Å²) in [6.07, 6.45) is -1.03. The Morgan fingerprint density at radius 3 is 2.50 bits per heavy atom. The first-order valence-electron chi connectivity index (χ1n) is 6.12. The van der Waals surface area contributed by atoms with Gasteiger partial charge in [0.25, 0.3) is 0 Å². The molecule has 6 nitrogen and oxygen atoms in total. The van der Waals surface area contributed by atoms with Gasteiger partial charge >= 0.3 is 12.1 Å². The minimum absolute atomic E-state index is 0.0851. The van der Waals surface area contributed by atoms with Gasteiger partial charge in [-0.25, -0.2) is 4.79 Å². The van der Waals surface area contributed by atoms with Gasteiger partial charge in [-0.2, -0.15) is 0 Å². The molecular formula is C14H17NO5. The van der Waals surface area contributed by atoms with Gasteiger partial charge in [0.2, 0.25) is 0 Å². The molecule has 0 aromatic heterocycles. The van der Waals surface area contributed by atoms with Crippen molar-refractivity contribution < 1.29 is 23.9 Å². The second-order valence-electron chi connectivity index (χ2n) is 4.07. The molecule has 0 N–H and O–H groups in total. The van der Waals surface area contributed by atoms with Crippen molar-refractivity contribution >= 4 is 18.3 Å². The van der Waals surface area contributed by atoms with Gasteiger partial charge in [-0.3, -0.25) is 9.69 Å². The lowest BCUT2D eigenvalue weighted by Crippen LogP contribution is -2.42. The number of amides is 1. The topological polar surface area (TPSA) is 72.9 Å². The molecule has 0 fully saturated rings. The molecule has 108 valence electrons. The lowest BCUT2D eigenvalue weighted by molar-refractivity contribution is -0.153. The Hall–Kier alpha value is -2.37. The highest BCUT2D eigenvalue weighted by Crippen LogP contribution is 2.07. The molecule has 1 rings (SSSR count). The third-order valence-corrected chi connectivity index (χ3v) is 2.49. The van der Waals surface area contributed by atoms with Gasteiger partial charge in [-0.1, -0.05) is 30.3 Å². The molecule has 1 amide bonds. The zero-order valence-corrected chi connectivity index (χ0v) is 11.4. The van der Waals surface area contributed by atoms with Crippen LogP contribution in [0.5, 0.6) is 0 Å². The molecule has 0 aliphatic rings. The number of hydrogen-bond acceptors (Lipinski definition) is 5. The van der Waals surface area contributed by atoms with E-state index in [-0.39, 0.29) is 13.2 Å². The summed E-state index contributed by atoms with van der Waals surface area (Å²) in [5.41, 5.74) is 0.826. The van der Waals surface area contributed by atoms with Gasteiger partial charge in [0.1, 0.15) is 12.9 Å². The predicted molar refractivity (Wildman–Crippen MR) is 70.6 cm³/mol. The molecule has 0 radical (unpaired) electrons. The third kappa shape index (κ3) is 5.09. The van der Waals surface area contributed by atoms with Crippen LogP contribution in [0.3, 0.4) is 0 Å². The van der Waals surface area contributed by atoms with E-state index in [9.17, 15) is 14.4 Å². The van der Waals surface area contributed by atoms with E-state index in [2.05, 4.69) is 0 Å². The van der Waals surface area contributed by atoms with Gasteiger partial charge in [0, 0.05) is 6.92 Å². The van der Waals surface area contributed by atoms with E-state index in [0.717, 1.165) is 10.5 Å². The molecular weight excluding hydrogens is 262 g/mol. The highest BCUT2D eigenvalue weighted by molar-refractivity contribution is 5.72. The van der Waals surface area contributed by atoms with Crippen molar-refractivity contribution in [2.45, 2.75) is 26.7 Å². The molecule has 1 unspecified atom stereocenters. The smallest absolute Gasteiger partial charge is 0.413 e. The zero-order valence-electron chi connectivity index (χ0n) is 11.4. The van der Waals surface area contributed by atoms with Crippen LogP contribution in [0.15, 0.2) is 30.3 Å². The molecule has 1 aromatic carbocycles. The van der Waals surface area contributed by atoms with Crippen molar-refractivity contribution in [1.82, 2.24) is 4.90 Å². The maximum atomic E-state index is 11.9. The molecule has 1 aromatic rings. The second kappa shape index (κ2) is 7.93. The number of rotatable bonds is 6. The van der Waals surface area contributed by atoms with E-state index in [1.54, 1.807) is 0 Å². The summed E-state index contributed by atoms with van der Waals surface area (Å²) in [7, 11) is 0. The van der Waals surface area contributed by atoms with Crippen LogP contribution in [0.4, 0.5) is 4.79 Å². The van der Waals surface area contributed by atoms with Crippen LogP contribution in [-0.4, -0.2) is 36.0 Å². The van der Waals surface area contributed by atoms with E-state index in [0.29, 0.717) is 6.29 Å². The predicted octanol–water partition coefficient (Wildman–Crippen LogP) is 1.73. The van der Waals surface area contributed by atoms with Gasteiger partial charge in [-0.15, -0.1) is 0 Å². The van der Waals surface area contributed by atoms with Crippen LogP contribution in [0, 0.1) is 0 Å². The van der Waals surface area contributed by atoms with Crippen molar-refractivity contribution in [3.05, 3.63) is 35.9 Å². The SMILES string of the molecule is CC(=O)OC(C)N(CC=O)C(=O)OCc1ccccc1. The average molecular weight is 279 g/mol. The van der Waals surface area contributed by atoms with Gasteiger partial charge in [-0.05, 0) is 12.5 Å². The van der Waals surface area contributed by atoms with Crippen molar-refractivity contribution in [2.75, 3.05) is 6.54 Å². The molecule has 0 saturated heterocycles. The van der Waals surface area contributed by atoms with Crippen molar-refractivity contribution in [1.29, 1.82) is 0 Å². The number of hydrogen-bond donors (Lipinski definition) is 0. The Morgan fingerprint density at radius 1 is 1.30 bits per heavy atom. The summed E-state index contributed by atoms with van der Waals surface area (Å²) < 4.78 is 9.95. The molecule has 0 spiro atoms. The first kappa shape index (κ1) is 15.7. The van der Waals surface area contributed by atoms with Crippen molar-refractivity contribution in [3.63, 3.8) is 0 Å². The van der Waals surface area contributed by atoms with Gasteiger partial charge in [0.15, 0.2) is 6.23 Å². The molecule has 0 saturated carbocycles. The minimum atomic E-state index is -0.860. The third-order valence-electron chi connectivity index (χ3n) is 2.49. The fourth-order valence-electron chi connectivity index (χ4n) is 1.56. The van der Waals surface area contributed by atoms with Gasteiger partial charge < -0.3 is 14.3 Å². The van der Waals surface area contributed by atoms with E-state index in [4.69, 9.17) is 9.47 Å². The van der Waals surface area contributed by atoms with E-state index in [1.807, 2.05) is 30.3 Å². The van der Waals surface area contributed by atoms with Crippen LogP contribution in [-0.2, 0) is 25.7 Å². The molecule has 0 aliphatic carbocycles. The molecule has 6 heteroatoms. The fourth-order valence-corrected chi connectivity index (χ4v) is 1.56. The lowest BCUT2D eigenvalue weighted by atomic mass is 10.2. The number of ether oxygens (including phenoxy) is 2. The molecule has 0 aliphatic heterocycles. The summed E-state index contributed by atoms with van der Waals surface area (Å²) in [5, 5.41) is 0. The highest BCUT2D eigenvalue weighted by atomic mass is 16.6. The largest absolute Gasteiger partial charge is 0.444 e. The van der Waals surface area contributed by atoms with Crippen LogP contribution < -0.4 is 0 Å². The van der Waals surface area contributed by atoms with E-state index < -0.39 is 18.3 Å². The molecule has 1 atom stereocenters. The van der Waals surface area contributed by atoms with E-state index >= 15 is 0 Å².